The van der Waals surface area contributed by atoms with Gasteiger partial charge in [0.15, 0.2) is 5.96 Å². The number of carbonyl (C=O) groups is 2. The van der Waals surface area contributed by atoms with Gasteiger partial charge in [0.2, 0.25) is 5.91 Å². The fourth-order valence-corrected chi connectivity index (χ4v) is 3.63. The molecule has 2 heterocycles. The summed E-state index contributed by atoms with van der Waals surface area (Å²) in [6.45, 7) is 1.86. The number of hydrogen-bond donors (Lipinski definition) is 2. The van der Waals surface area contributed by atoms with Crippen LogP contribution in [-0.4, -0.2) is 34.7 Å². The van der Waals surface area contributed by atoms with E-state index >= 15 is 0 Å². The van der Waals surface area contributed by atoms with Crippen LogP contribution in [-0.2, 0) is 10.3 Å². The van der Waals surface area contributed by atoms with Crippen LogP contribution in [0.5, 0.6) is 0 Å². The molecular weight excluding hydrogens is 390 g/mol. The summed E-state index contributed by atoms with van der Waals surface area (Å²) in [5.74, 6) is -0.246. The fraction of sp³-hybridized carbons (Fsp3) is 0.167. The first-order valence-electron chi connectivity index (χ1n) is 9.91. The smallest absolute Gasteiger partial charge is 0.274 e. The highest BCUT2D eigenvalue weighted by atomic mass is 16.2. The Morgan fingerprint density at radius 2 is 1.87 bits per heavy atom. The third-order valence-corrected chi connectivity index (χ3v) is 5.42. The van der Waals surface area contributed by atoms with E-state index in [1.165, 1.54) is 4.90 Å². The highest BCUT2D eigenvalue weighted by molar-refractivity contribution is 6.07. The van der Waals surface area contributed by atoms with Crippen molar-refractivity contribution in [1.29, 1.82) is 0 Å². The van der Waals surface area contributed by atoms with Gasteiger partial charge in [-0.3, -0.25) is 19.5 Å². The molecule has 3 aromatic rings. The number of benzene rings is 2. The largest absolute Gasteiger partial charge is 0.369 e. The second-order valence-electron chi connectivity index (χ2n) is 7.67. The van der Waals surface area contributed by atoms with Crippen molar-refractivity contribution < 1.29 is 9.59 Å². The number of anilines is 1. The van der Waals surface area contributed by atoms with E-state index in [0.29, 0.717) is 11.4 Å². The van der Waals surface area contributed by atoms with Gasteiger partial charge in [0.05, 0.1) is 12.0 Å². The van der Waals surface area contributed by atoms with Crippen molar-refractivity contribution in [1.82, 2.24) is 9.88 Å². The number of aromatic nitrogens is 1. The van der Waals surface area contributed by atoms with Gasteiger partial charge in [-0.15, -0.1) is 0 Å². The fourth-order valence-electron chi connectivity index (χ4n) is 3.63. The lowest BCUT2D eigenvalue weighted by atomic mass is 9.87. The lowest BCUT2D eigenvalue weighted by Crippen LogP contribution is -2.47. The van der Waals surface area contributed by atoms with Crippen LogP contribution in [0.3, 0.4) is 0 Å². The predicted octanol–water partition coefficient (Wildman–Crippen LogP) is 3.39. The second kappa shape index (κ2) is 8.02. The number of aliphatic imine (C=N–C) groups is 1. The van der Waals surface area contributed by atoms with Crippen LogP contribution in [0.2, 0.25) is 0 Å². The molecule has 4 rings (SSSR count). The summed E-state index contributed by atoms with van der Waals surface area (Å²) < 4.78 is 0. The van der Waals surface area contributed by atoms with Crippen molar-refractivity contribution in [3.8, 4) is 11.1 Å². The van der Waals surface area contributed by atoms with Gasteiger partial charge in [0, 0.05) is 24.5 Å². The topological polar surface area (TPSA) is 101 Å². The number of rotatable bonds is 4. The molecule has 7 heteroatoms. The SMILES string of the molecule is CN1C(=O)C[C@@](C)(c2cccc(NC(=O)c3ncccc3-c3ccccc3)c2)N=C1N. The molecule has 2 aromatic carbocycles. The van der Waals surface area contributed by atoms with E-state index in [-0.39, 0.29) is 24.2 Å². The Hall–Kier alpha value is -4.00. The van der Waals surface area contributed by atoms with Crippen molar-refractivity contribution in [2.24, 2.45) is 10.7 Å². The Labute approximate surface area is 180 Å². The molecule has 0 fully saturated rings. The highest BCUT2D eigenvalue weighted by Gasteiger charge is 2.36. The van der Waals surface area contributed by atoms with Gasteiger partial charge in [0.25, 0.3) is 5.91 Å². The van der Waals surface area contributed by atoms with Gasteiger partial charge >= 0.3 is 0 Å². The number of hydrogen-bond acceptors (Lipinski definition) is 5. The maximum absolute atomic E-state index is 13.0. The quantitative estimate of drug-likeness (QED) is 0.685. The minimum absolute atomic E-state index is 0.106. The van der Waals surface area contributed by atoms with Gasteiger partial charge in [-0.25, -0.2) is 4.99 Å². The molecule has 156 valence electrons. The van der Waals surface area contributed by atoms with E-state index in [2.05, 4.69) is 15.3 Å². The van der Waals surface area contributed by atoms with Crippen LogP contribution >= 0.6 is 0 Å². The minimum Gasteiger partial charge on any atom is -0.369 e. The number of carbonyl (C=O) groups excluding carboxylic acids is 2. The van der Waals surface area contributed by atoms with E-state index in [0.717, 1.165) is 16.7 Å². The van der Waals surface area contributed by atoms with Gasteiger partial charge in [-0.1, -0.05) is 48.5 Å². The molecule has 1 aliphatic rings. The lowest BCUT2D eigenvalue weighted by molar-refractivity contribution is -0.128. The third-order valence-electron chi connectivity index (χ3n) is 5.42. The van der Waals surface area contributed by atoms with E-state index < -0.39 is 5.54 Å². The molecule has 0 unspecified atom stereocenters. The summed E-state index contributed by atoms with van der Waals surface area (Å²) in [4.78, 5) is 35.5. The number of nitrogens with zero attached hydrogens (tertiary/aromatic N) is 3. The molecule has 3 N–H and O–H groups in total. The van der Waals surface area contributed by atoms with E-state index in [1.807, 2.05) is 61.5 Å². The molecule has 0 radical (unpaired) electrons. The van der Waals surface area contributed by atoms with E-state index in [4.69, 9.17) is 5.73 Å². The van der Waals surface area contributed by atoms with E-state index in [9.17, 15) is 9.59 Å². The van der Waals surface area contributed by atoms with Crippen LogP contribution in [0, 0.1) is 0 Å². The van der Waals surface area contributed by atoms with Crippen molar-refractivity contribution in [3.05, 3.63) is 84.2 Å². The van der Waals surface area contributed by atoms with Crippen LogP contribution in [0.4, 0.5) is 5.69 Å². The molecule has 1 aliphatic heterocycles. The average molecular weight is 413 g/mol. The summed E-state index contributed by atoms with van der Waals surface area (Å²) in [5.41, 5.74) is 8.51. The molecule has 0 spiro atoms. The first-order valence-corrected chi connectivity index (χ1v) is 9.91. The summed E-state index contributed by atoms with van der Waals surface area (Å²) in [5, 5.41) is 2.92. The summed E-state index contributed by atoms with van der Waals surface area (Å²) >= 11 is 0. The van der Waals surface area contributed by atoms with Crippen LogP contribution < -0.4 is 11.1 Å². The van der Waals surface area contributed by atoms with Crippen LogP contribution in [0.25, 0.3) is 11.1 Å². The van der Waals surface area contributed by atoms with Gasteiger partial charge in [-0.2, -0.15) is 0 Å². The lowest BCUT2D eigenvalue weighted by Gasteiger charge is -2.33. The van der Waals surface area contributed by atoms with Gasteiger partial charge < -0.3 is 11.1 Å². The Bertz CT molecular complexity index is 1180. The van der Waals surface area contributed by atoms with Crippen molar-refractivity contribution in [2.45, 2.75) is 18.9 Å². The monoisotopic (exact) mass is 413 g/mol. The molecule has 0 aliphatic carbocycles. The number of pyridine rings is 1. The second-order valence-corrected chi connectivity index (χ2v) is 7.67. The maximum Gasteiger partial charge on any atom is 0.274 e. The molecule has 0 saturated heterocycles. The molecule has 0 saturated carbocycles. The van der Waals surface area contributed by atoms with Gasteiger partial charge in [0.1, 0.15) is 5.69 Å². The molecule has 0 bridgehead atoms. The minimum atomic E-state index is -0.797. The van der Waals surface area contributed by atoms with Crippen molar-refractivity contribution >= 4 is 23.5 Å². The normalized spacial score (nSPS) is 18.5. The number of guanidine groups is 1. The zero-order valence-corrected chi connectivity index (χ0v) is 17.4. The third kappa shape index (κ3) is 4.02. The zero-order chi connectivity index (χ0) is 22.0. The number of amides is 2. The van der Waals surface area contributed by atoms with Crippen LogP contribution in [0.15, 0.2) is 77.9 Å². The first-order chi connectivity index (χ1) is 14.9. The number of nitrogens with two attached hydrogens (primary N) is 1. The summed E-state index contributed by atoms with van der Waals surface area (Å²) in [6, 6.07) is 20.6. The predicted molar refractivity (Wildman–Crippen MR) is 120 cm³/mol. The van der Waals surface area contributed by atoms with Gasteiger partial charge in [-0.05, 0) is 36.2 Å². The molecule has 31 heavy (non-hydrogen) atoms. The van der Waals surface area contributed by atoms with Crippen molar-refractivity contribution in [2.75, 3.05) is 12.4 Å². The standard InChI is InChI=1S/C24H23N5O2/c1-24(15-20(30)29(2)23(25)28-24)17-10-6-11-18(14-17)27-22(31)21-19(12-7-13-26-21)16-8-4-3-5-9-16/h3-14H,15H2,1-2H3,(H2,25,28)(H,27,31)/t24-/m0/s1. The average Bonchev–Trinajstić information content (AvgIpc) is 2.78. The summed E-state index contributed by atoms with van der Waals surface area (Å²) in [7, 11) is 1.61. The molecule has 2 amide bonds. The van der Waals surface area contributed by atoms with E-state index in [1.54, 1.807) is 25.4 Å². The summed E-state index contributed by atoms with van der Waals surface area (Å²) in [6.07, 6.45) is 1.79. The van der Waals surface area contributed by atoms with Crippen molar-refractivity contribution in [3.63, 3.8) is 0 Å². The Balaban J connectivity index is 1.63. The maximum atomic E-state index is 13.0. The van der Waals surface area contributed by atoms with Crippen LogP contribution in [0.1, 0.15) is 29.4 Å². The number of nitrogens with one attached hydrogen (secondary N) is 1. The Kier molecular flexibility index (Phi) is 5.25. The zero-order valence-electron chi connectivity index (χ0n) is 17.4. The molecule has 1 aromatic heterocycles. The molecule has 1 atom stereocenters. The molecular formula is C24H23N5O2. The Morgan fingerprint density at radius 3 is 2.61 bits per heavy atom. The Morgan fingerprint density at radius 1 is 1.10 bits per heavy atom. The first kappa shape index (κ1) is 20.3. The molecule has 7 nitrogen and oxygen atoms in total. The highest BCUT2D eigenvalue weighted by Crippen LogP contribution is 2.34.